The van der Waals surface area contributed by atoms with Crippen LogP contribution in [-0.2, 0) is 19.4 Å². The summed E-state index contributed by atoms with van der Waals surface area (Å²) in [7, 11) is 1.73. The highest BCUT2D eigenvalue weighted by molar-refractivity contribution is 5.85. The fourth-order valence-corrected chi connectivity index (χ4v) is 3.22. The molecule has 0 radical (unpaired) electrons. The zero-order valence-corrected chi connectivity index (χ0v) is 14.3. The SMILES string of the molecule is COc1cc(C)c(CNC2Cc3ccccc3C2)cc1C.Cl. The van der Waals surface area contributed by atoms with Crippen molar-refractivity contribution in [1.29, 1.82) is 0 Å². The van der Waals surface area contributed by atoms with Crippen molar-refractivity contribution in [1.82, 2.24) is 5.32 Å². The van der Waals surface area contributed by atoms with Gasteiger partial charge in [0.1, 0.15) is 5.75 Å². The lowest BCUT2D eigenvalue weighted by atomic mass is 10.0. The first-order valence-corrected chi connectivity index (χ1v) is 7.61. The van der Waals surface area contributed by atoms with E-state index in [1.54, 1.807) is 7.11 Å². The number of aryl methyl sites for hydroxylation is 2. The Morgan fingerprint density at radius 1 is 1.05 bits per heavy atom. The molecule has 0 amide bonds. The number of hydrogen-bond donors (Lipinski definition) is 1. The van der Waals surface area contributed by atoms with E-state index < -0.39 is 0 Å². The van der Waals surface area contributed by atoms with Gasteiger partial charge in [0.05, 0.1) is 7.11 Å². The Balaban J connectivity index is 0.00000176. The minimum Gasteiger partial charge on any atom is -0.496 e. The molecular weight excluding hydrogens is 294 g/mol. The third kappa shape index (κ3) is 3.45. The maximum Gasteiger partial charge on any atom is 0.122 e. The summed E-state index contributed by atoms with van der Waals surface area (Å²) in [5.74, 6) is 0.976. The smallest absolute Gasteiger partial charge is 0.122 e. The fourth-order valence-electron chi connectivity index (χ4n) is 3.22. The molecule has 0 saturated heterocycles. The number of hydrogen-bond acceptors (Lipinski definition) is 2. The van der Waals surface area contributed by atoms with Gasteiger partial charge in [0.25, 0.3) is 0 Å². The predicted molar refractivity (Wildman–Crippen MR) is 94.2 cm³/mol. The van der Waals surface area contributed by atoms with Crippen LogP contribution in [0.2, 0.25) is 0 Å². The van der Waals surface area contributed by atoms with Crippen LogP contribution in [0.5, 0.6) is 5.75 Å². The molecule has 0 spiro atoms. The molecule has 0 bridgehead atoms. The number of rotatable bonds is 4. The van der Waals surface area contributed by atoms with Crippen LogP contribution in [0.1, 0.15) is 27.8 Å². The van der Waals surface area contributed by atoms with E-state index in [1.165, 1.54) is 27.8 Å². The topological polar surface area (TPSA) is 21.3 Å². The molecular formula is C19H24ClNO. The summed E-state index contributed by atoms with van der Waals surface area (Å²) in [5, 5.41) is 3.71. The summed E-state index contributed by atoms with van der Waals surface area (Å²) < 4.78 is 5.38. The van der Waals surface area contributed by atoms with Crippen LogP contribution < -0.4 is 10.1 Å². The highest BCUT2D eigenvalue weighted by Crippen LogP contribution is 2.24. The number of fused-ring (bicyclic) bond motifs is 1. The van der Waals surface area contributed by atoms with Crippen molar-refractivity contribution in [3.05, 3.63) is 64.2 Å². The Bertz CT molecular complexity index is 629. The minimum atomic E-state index is 0. The summed E-state index contributed by atoms with van der Waals surface area (Å²) in [6.45, 7) is 5.19. The van der Waals surface area contributed by atoms with Crippen LogP contribution in [0, 0.1) is 13.8 Å². The number of halogens is 1. The monoisotopic (exact) mass is 317 g/mol. The molecule has 0 aromatic heterocycles. The van der Waals surface area contributed by atoms with Crippen molar-refractivity contribution in [3.8, 4) is 5.75 Å². The van der Waals surface area contributed by atoms with E-state index in [4.69, 9.17) is 4.74 Å². The molecule has 1 aliphatic rings. The van der Waals surface area contributed by atoms with Gasteiger partial charge in [0, 0.05) is 12.6 Å². The van der Waals surface area contributed by atoms with Crippen LogP contribution in [0.4, 0.5) is 0 Å². The largest absolute Gasteiger partial charge is 0.496 e. The van der Waals surface area contributed by atoms with E-state index in [0.717, 1.165) is 25.1 Å². The first kappa shape index (κ1) is 16.9. The molecule has 0 unspecified atom stereocenters. The van der Waals surface area contributed by atoms with Gasteiger partial charge >= 0.3 is 0 Å². The van der Waals surface area contributed by atoms with Crippen molar-refractivity contribution in [2.75, 3.05) is 7.11 Å². The van der Waals surface area contributed by atoms with Gasteiger partial charge in [-0.1, -0.05) is 30.3 Å². The molecule has 0 atom stereocenters. The molecule has 3 rings (SSSR count). The van der Waals surface area contributed by atoms with Crippen molar-refractivity contribution >= 4 is 12.4 Å². The molecule has 0 fully saturated rings. The van der Waals surface area contributed by atoms with Crippen LogP contribution in [0.15, 0.2) is 36.4 Å². The third-order valence-electron chi connectivity index (χ3n) is 4.49. The van der Waals surface area contributed by atoms with Gasteiger partial charge in [-0.05, 0) is 60.6 Å². The van der Waals surface area contributed by atoms with Crippen molar-refractivity contribution in [2.45, 2.75) is 39.3 Å². The van der Waals surface area contributed by atoms with Gasteiger partial charge in [-0.15, -0.1) is 12.4 Å². The number of methoxy groups -OCH3 is 1. The van der Waals surface area contributed by atoms with Gasteiger partial charge in [0.15, 0.2) is 0 Å². The van der Waals surface area contributed by atoms with Crippen molar-refractivity contribution in [3.63, 3.8) is 0 Å². The second-order valence-corrected chi connectivity index (χ2v) is 6.00. The quantitative estimate of drug-likeness (QED) is 0.920. The lowest BCUT2D eigenvalue weighted by Gasteiger charge is -2.15. The third-order valence-corrected chi connectivity index (χ3v) is 4.49. The lowest BCUT2D eigenvalue weighted by molar-refractivity contribution is 0.411. The van der Waals surface area contributed by atoms with Crippen molar-refractivity contribution < 1.29 is 4.74 Å². The number of nitrogens with one attached hydrogen (secondary N) is 1. The molecule has 22 heavy (non-hydrogen) atoms. The average Bonchev–Trinajstić information content (AvgIpc) is 2.90. The summed E-state index contributed by atoms with van der Waals surface area (Å²) in [6, 6.07) is 13.7. The van der Waals surface area contributed by atoms with E-state index in [0.29, 0.717) is 6.04 Å². The minimum absolute atomic E-state index is 0. The summed E-state index contributed by atoms with van der Waals surface area (Å²) >= 11 is 0. The summed E-state index contributed by atoms with van der Waals surface area (Å²) in [4.78, 5) is 0. The van der Waals surface area contributed by atoms with E-state index in [1.807, 2.05) is 0 Å². The lowest BCUT2D eigenvalue weighted by Crippen LogP contribution is -2.29. The second-order valence-electron chi connectivity index (χ2n) is 6.00. The van der Waals surface area contributed by atoms with Crippen LogP contribution >= 0.6 is 12.4 Å². The molecule has 2 nitrogen and oxygen atoms in total. The van der Waals surface area contributed by atoms with Gasteiger partial charge in [-0.25, -0.2) is 0 Å². The van der Waals surface area contributed by atoms with Crippen LogP contribution in [0.3, 0.4) is 0 Å². The normalized spacial score (nSPS) is 13.6. The first-order chi connectivity index (χ1) is 10.2. The maximum absolute atomic E-state index is 5.38. The fraction of sp³-hybridized carbons (Fsp3) is 0.368. The van der Waals surface area contributed by atoms with Gasteiger partial charge in [-0.2, -0.15) is 0 Å². The Labute approximate surface area is 139 Å². The van der Waals surface area contributed by atoms with Crippen LogP contribution in [0.25, 0.3) is 0 Å². The molecule has 118 valence electrons. The zero-order chi connectivity index (χ0) is 14.8. The second kappa shape index (κ2) is 7.17. The molecule has 3 heteroatoms. The van der Waals surface area contributed by atoms with E-state index in [-0.39, 0.29) is 12.4 Å². The number of ether oxygens (including phenoxy) is 1. The molecule has 2 aromatic rings. The van der Waals surface area contributed by atoms with Gasteiger partial charge < -0.3 is 10.1 Å². The Morgan fingerprint density at radius 3 is 2.27 bits per heavy atom. The summed E-state index contributed by atoms with van der Waals surface area (Å²) in [6.07, 6.45) is 2.29. The molecule has 1 N–H and O–H groups in total. The molecule has 2 aromatic carbocycles. The average molecular weight is 318 g/mol. The standard InChI is InChI=1S/C19H23NO.ClH/c1-13-9-19(21-3)14(2)8-17(13)12-20-18-10-15-6-4-5-7-16(15)11-18;/h4-9,18,20H,10-12H2,1-3H3;1H. The predicted octanol–water partition coefficient (Wildman–Crippen LogP) is 3.99. The molecule has 1 aliphatic carbocycles. The summed E-state index contributed by atoms with van der Waals surface area (Å²) in [5.41, 5.74) is 6.86. The molecule has 0 saturated carbocycles. The van der Waals surface area contributed by atoms with E-state index >= 15 is 0 Å². The zero-order valence-electron chi connectivity index (χ0n) is 13.5. The number of benzene rings is 2. The maximum atomic E-state index is 5.38. The van der Waals surface area contributed by atoms with E-state index in [2.05, 4.69) is 55.6 Å². The molecule has 0 heterocycles. The highest BCUT2D eigenvalue weighted by atomic mass is 35.5. The van der Waals surface area contributed by atoms with E-state index in [9.17, 15) is 0 Å². The Morgan fingerprint density at radius 2 is 1.68 bits per heavy atom. The van der Waals surface area contributed by atoms with Gasteiger partial charge in [-0.3, -0.25) is 0 Å². The van der Waals surface area contributed by atoms with Gasteiger partial charge in [0.2, 0.25) is 0 Å². The molecule has 0 aliphatic heterocycles. The van der Waals surface area contributed by atoms with Crippen LogP contribution in [-0.4, -0.2) is 13.2 Å². The van der Waals surface area contributed by atoms with Crippen molar-refractivity contribution in [2.24, 2.45) is 0 Å². The highest BCUT2D eigenvalue weighted by Gasteiger charge is 2.20. The Hall–Kier alpha value is -1.51. The first-order valence-electron chi connectivity index (χ1n) is 7.61. The Kier molecular flexibility index (Phi) is 5.49.